The standard InChI is InChI=1S/C15H18N2O2/c1-3-7-19-13-8-12(9-16-10-13)15(18)14-6-4-5-11(2)17-14/h4-6,8-10,15,18H,3,7H2,1-2H3. The molecule has 0 saturated heterocycles. The lowest BCUT2D eigenvalue weighted by Gasteiger charge is -2.12. The zero-order chi connectivity index (χ0) is 13.7. The van der Waals surface area contributed by atoms with E-state index in [1.165, 1.54) is 0 Å². The number of hydrogen-bond acceptors (Lipinski definition) is 4. The molecule has 0 fully saturated rings. The summed E-state index contributed by atoms with van der Waals surface area (Å²) in [6.07, 6.45) is 3.44. The minimum atomic E-state index is -0.780. The Morgan fingerprint density at radius 1 is 1.32 bits per heavy atom. The number of rotatable bonds is 5. The molecule has 2 aromatic heterocycles. The number of ether oxygens (including phenoxy) is 1. The SMILES string of the molecule is CCCOc1cncc(C(O)c2cccc(C)n2)c1. The van der Waals surface area contributed by atoms with Crippen LogP contribution in [0.2, 0.25) is 0 Å². The van der Waals surface area contributed by atoms with Crippen molar-refractivity contribution in [1.29, 1.82) is 0 Å². The highest BCUT2D eigenvalue weighted by Crippen LogP contribution is 2.23. The van der Waals surface area contributed by atoms with Crippen molar-refractivity contribution in [2.24, 2.45) is 0 Å². The predicted molar refractivity (Wildman–Crippen MR) is 73.1 cm³/mol. The smallest absolute Gasteiger partial charge is 0.137 e. The fraction of sp³-hybridized carbons (Fsp3) is 0.333. The van der Waals surface area contributed by atoms with Gasteiger partial charge in [0.1, 0.15) is 11.9 Å². The molecule has 100 valence electrons. The largest absolute Gasteiger partial charge is 0.492 e. The normalized spacial score (nSPS) is 12.2. The van der Waals surface area contributed by atoms with E-state index in [1.54, 1.807) is 24.5 Å². The van der Waals surface area contributed by atoms with E-state index in [4.69, 9.17) is 4.74 Å². The van der Waals surface area contributed by atoms with Crippen LogP contribution in [0.5, 0.6) is 5.75 Å². The van der Waals surface area contributed by atoms with Crippen LogP contribution < -0.4 is 4.74 Å². The van der Waals surface area contributed by atoms with E-state index < -0.39 is 6.10 Å². The van der Waals surface area contributed by atoms with E-state index in [9.17, 15) is 5.11 Å². The molecule has 19 heavy (non-hydrogen) atoms. The van der Waals surface area contributed by atoms with E-state index in [0.29, 0.717) is 23.6 Å². The molecule has 2 aromatic rings. The lowest BCUT2D eigenvalue weighted by molar-refractivity contribution is 0.213. The highest BCUT2D eigenvalue weighted by Gasteiger charge is 2.13. The highest BCUT2D eigenvalue weighted by atomic mass is 16.5. The van der Waals surface area contributed by atoms with Gasteiger partial charge in [0.15, 0.2) is 0 Å². The van der Waals surface area contributed by atoms with Gasteiger partial charge in [0, 0.05) is 17.5 Å². The van der Waals surface area contributed by atoms with Crippen molar-refractivity contribution >= 4 is 0 Å². The third-order valence-corrected chi connectivity index (χ3v) is 2.71. The first-order valence-electron chi connectivity index (χ1n) is 6.40. The van der Waals surface area contributed by atoms with E-state index in [-0.39, 0.29) is 0 Å². The van der Waals surface area contributed by atoms with Gasteiger partial charge in [-0.25, -0.2) is 0 Å². The summed E-state index contributed by atoms with van der Waals surface area (Å²) in [5, 5.41) is 10.3. The molecule has 4 heteroatoms. The molecular formula is C15H18N2O2. The molecule has 0 amide bonds. The molecule has 0 aliphatic rings. The maximum Gasteiger partial charge on any atom is 0.137 e. The number of aromatic nitrogens is 2. The second kappa shape index (κ2) is 6.29. The van der Waals surface area contributed by atoms with Gasteiger partial charge < -0.3 is 9.84 Å². The van der Waals surface area contributed by atoms with Gasteiger partial charge in [-0.2, -0.15) is 0 Å². The number of nitrogens with zero attached hydrogens (tertiary/aromatic N) is 2. The summed E-state index contributed by atoms with van der Waals surface area (Å²) < 4.78 is 5.51. The maximum absolute atomic E-state index is 10.3. The maximum atomic E-state index is 10.3. The van der Waals surface area contributed by atoms with Gasteiger partial charge in [-0.3, -0.25) is 9.97 Å². The molecule has 1 atom stereocenters. The molecule has 1 unspecified atom stereocenters. The summed E-state index contributed by atoms with van der Waals surface area (Å²) in [6, 6.07) is 7.38. The van der Waals surface area contributed by atoms with Gasteiger partial charge in [0.2, 0.25) is 0 Å². The number of aliphatic hydroxyl groups is 1. The average Bonchev–Trinajstić information content (AvgIpc) is 2.44. The third kappa shape index (κ3) is 3.51. The summed E-state index contributed by atoms with van der Waals surface area (Å²) in [5.41, 5.74) is 2.18. The quantitative estimate of drug-likeness (QED) is 0.895. The molecule has 0 bridgehead atoms. The van der Waals surface area contributed by atoms with Gasteiger partial charge in [-0.05, 0) is 31.5 Å². The van der Waals surface area contributed by atoms with Gasteiger partial charge in [-0.15, -0.1) is 0 Å². The lowest BCUT2D eigenvalue weighted by Crippen LogP contribution is -2.04. The summed E-state index contributed by atoms with van der Waals surface area (Å²) in [6.45, 7) is 4.59. The highest BCUT2D eigenvalue weighted by molar-refractivity contribution is 5.30. The van der Waals surface area contributed by atoms with Crippen LogP contribution in [0.4, 0.5) is 0 Å². The van der Waals surface area contributed by atoms with Crippen LogP contribution in [0.3, 0.4) is 0 Å². The van der Waals surface area contributed by atoms with Crippen LogP contribution in [0.25, 0.3) is 0 Å². The first kappa shape index (κ1) is 13.5. The van der Waals surface area contributed by atoms with Crippen LogP contribution in [0.15, 0.2) is 36.7 Å². The molecule has 0 aromatic carbocycles. The Balaban J connectivity index is 2.21. The summed E-state index contributed by atoms with van der Waals surface area (Å²) in [7, 11) is 0. The Kier molecular flexibility index (Phi) is 4.47. The Morgan fingerprint density at radius 3 is 2.89 bits per heavy atom. The fourth-order valence-corrected chi connectivity index (χ4v) is 1.77. The van der Waals surface area contributed by atoms with Gasteiger partial charge in [0.25, 0.3) is 0 Å². The van der Waals surface area contributed by atoms with E-state index in [0.717, 1.165) is 12.1 Å². The molecule has 1 N–H and O–H groups in total. The Hall–Kier alpha value is -1.94. The first-order chi connectivity index (χ1) is 9.20. The van der Waals surface area contributed by atoms with Crippen LogP contribution in [0, 0.1) is 6.92 Å². The van der Waals surface area contributed by atoms with Gasteiger partial charge in [0.05, 0.1) is 18.5 Å². The molecule has 0 aliphatic heterocycles. The second-order valence-corrected chi connectivity index (χ2v) is 4.41. The van der Waals surface area contributed by atoms with Gasteiger partial charge in [-0.1, -0.05) is 13.0 Å². The Labute approximate surface area is 113 Å². The van der Waals surface area contributed by atoms with Crippen molar-refractivity contribution in [1.82, 2.24) is 9.97 Å². The number of aliphatic hydroxyl groups excluding tert-OH is 1. The first-order valence-corrected chi connectivity index (χ1v) is 6.40. The summed E-state index contributed by atoms with van der Waals surface area (Å²) in [5.74, 6) is 0.672. The van der Waals surface area contributed by atoms with Crippen LogP contribution >= 0.6 is 0 Å². The monoisotopic (exact) mass is 258 g/mol. The Bertz CT molecular complexity index is 543. The van der Waals surface area contributed by atoms with Crippen molar-refractivity contribution in [3.63, 3.8) is 0 Å². The molecule has 0 radical (unpaired) electrons. The van der Waals surface area contributed by atoms with Crippen LogP contribution in [-0.2, 0) is 0 Å². The van der Waals surface area contributed by atoms with E-state index in [1.807, 2.05) is 26.0 Å². The molecule has 0 spiro atoms. The Morgan fingerprint density at radius 2 is 2.16 bits per heavy atom. The molecule has 0 aliphatic carbocycles. The zero-order valence-electron chi connectivity index (χ0n) is 11.2. The van der Waals surface area contributed by atoms with Crippen molar-refractivity contribution in [2.45, 2.75) is 26.4 Å². The molecule has 2 heterocycles. The number of pyridine rings is 2. The summed E-state index contributed by atoms with van der Waals surface area (Å²) in [4.78, 5) is 8.42. The van der Waals surface area contributed by atoms with Crippen molar-refractivity contribution < 1.29 is 9.84 Å². The van der Waals surface area contributed by atoms with Crippen molar-refractivity contribution in [2.75, 3.05) is 6.61 Å². The minimum absolute atomic E-state index is 0.620. The third-order valence-electron chi connectivity index (χ3n) is 2.71. The molecular weight excluding hydrogens is 240 g/mol. The molecule has 0 saturated carbocycles. The van der Waals surface area contributed by atoms with Crippen LogP contribution in [-0.4, -0.2) is 21.7 Å². The van der Waals surface area contributed by atoms with Crippen molar-refractivity contribution in [3.8, 4) is 5.75 Å². The predicted octanol–water partition coefficient (Wildman–Crippen LogP) is 2.66. The average molecular weight is 258 g/mol. The fourth-order valence-electron chi connectivity index (χ4n) is 1.77. The lowest BCUT2D eigenvalue weighted by atomic mass is 10.1. The minimum Gasteiger partial charge on any atom is -0.492 e. The van der Waals surface area contributed by atoms with E-state index in [2.05, 4.69) is 9.97 Å². The zero-order valence-corrected chi connectivity index (χ0v) is 11.2. The summed E-state index contributed by atoms with van der Waals surface area (Å²) >= 11 is 0. The second-order valence-electron chi connectivity index (χ2n) is 4.41. The number of aryl methyl sites for hydroxylation is 1. The van der Waals surface area contributed by atoms with E-state index >= 15 is 0 Å². The van der Waals surface area contributed by atoms with Gasteiger partial charge >= 0.3 is 0 Å². The van der Waals surface area contributed by atoms with Crippen LogP contribution in [0.1, 0.15) is 36.4 Å². The molecule has 2 rings (SSSR count). The number of hydrogen-bond donors (Lipinski definition) is 1. The molecule has 4 nitrogen and oxygen atoms in total. The van der Waals surface area contributed by atoms with Crippen molar-refractivity contribution in [3.05, 3.63) is 53.6 Å². The topological polar surface area (TPSA) is 55.2 Å².